The summed E-state index contributed by atoms with van der Waals surface area (Å²) in [7, 11) is -3.40. The summed E-state index contributed by atoms with van der Waals surface area (Å²) >= 11 is 12.2. The molecule has 0 radical (unpaired) electrons. The predicted molar refractivity (Wildman–Crippen MR) is 85.2 cm³/mol. The highest BCUT2D eigenvalue weighted by molar-refractivity contribution is 7.88. The standard InChI is InChI=1S/C14H18Cl2N2O2S/c15-13-2-1-3-14(16)12(13)9-21(19,20)18-7-6-10-4-5-11(8-18)17-10/h1-3,10-11,17H,4-9H2. The Morgan fingerprint density at radius 2 is 1.81 bits per heavy atom. The first-order valence-electron chi connectivity index (χ1n) is 7.12. The van der Waals surface area contributed by atoms with Gasteiger partial charge in [-0.05, 0) is 31.4 Å². The highest BCUT2D eigenvalue weighted by Gasteiger charge is 2.34. The quantitative estimate of drug-likeness (QED) is 0.913. The predicted octanol–water partition coefficient (Wildman–Crippen LogP) is 2.65. The third-order valence-corrected chi connectivity index (χ3v) is 6.75. The fourth-order valence-electron chi connectivity index (χ4n) is 3.11. The van der Waals surface area contributed by atoms with E-state index in [1.807, 2.05) is 0 Å². The average molecular weight is 349 g/mol. The molecule has 2 aliphatic rings. The van der Waals surface area contributed by atoms with Crippen LogP contribution in [0.5, 0.6) is 0 Å². The van der Waals surface area contributed by atoms with Gasteiger partial charge in [0.05, 0.1) is 5.75 Å². The van der Waals surface area contributed by atoms with Crippen molar-refractivity contribution in [1.82, 2.24) is 9.62 Å². The van der Waals surface area contributed by atoms with Crippen LogP contribution in [0, 0.1) is 0 Å². The third kappa shape index (κ3) is 3.37. The van der Waals surface area contributed by atoms with E-state index < -0.39 is 10.0 Å². The van der Waals surface area contributed by atoms with Crippen LogP contribution in [0.15, 0.2) is 18.2 Å². The summed E-state index contributed by atoms with van der Waals surface area (Å²) in [6.07, 6.45) is 3.06. The summed E-state index contributed by atoms with van der Waals surface area (Å²) in [5, 5.41) is 4.29. The van der Waals surface area contributed by atoms with Gasteiger partial charge in [0, 0.05) is 40.8 Å². The summed E-state index contributed by atoms with van der Waals surface area (Å²) < 4.78 is 26.9. The molecular weight excluding hydrogens is 331 g/mol. The molecule has 1 N–H and O–H groups in total. The fourth-order valence-corrected chi connectivity index (χ4v) is 5.45. The molecule has 2 bridgehead atoms. The average Bonchev–Trinajstić information content (AvgIpc) is 2.73. The Balaban J connectivity index is 1.80. The zero-order chi connectivity index (χ0) is 15.0. The van der Waals surface area contributed by atoms with E-state index in [2.05, 4.69) is 5.32 Å². The molecular formula is C14H18Cl2N2O2S. The van der Waals surface area contributed by atoms with Gasteiger partial charge in [-0.2, -0.15) is 0 Å². The SMILES string of the molecule is O=S(=O)(Cc1c(Cl)cccc1Cl)N1CCC2CCC(C1)N2. The van der Waals surface area contributed by atoms with Gasteiger partial charge in [-0.3, -0.25) is 0 Å². The number of hydrogen-bond acceptors (Lipinski definition) is 3. The van der Waals surface area contributed by atoms with Crippen LogP contribution in [0.1, 0.15) is 24.8 Å². The number of fused-ring (bicyclic) bond motifs is 2. The van der Waals surface area contributed by atoms with Crippen LogP contribution in [0.25, 0.3) is 0 Å². The molecule has 2 heterocycles. The molecule has 0 amide bonds. The first kappa shape index (κ1) is 15.6. The topological polar surface area (TPSA) is 49.4 Å². The van der Waals surface area contributed by atoms with Gasteiger partial charge < -0.3 is 5.32 Å². The zero-order valence-corrected chi connectivity index (χ0v) is 13.9. The van der Waals surface area contributed by atoms with Crippen molar-refractivity contribution in [3.63, 3.8) is 0 Å². The van der Waals surface area contributed by atoms with Crippen LogP contribution >= 0.6 is 23.2 Å². The van der Waals surface area contributed by atoms with Crippen molar-refractivity contribution >= 4 is 33.2 Å². The largest absolute Gasteiger partial charge is 0.310 e. The van der Waals surface area contributed by atoms with Crippen molar-refractivity contribution in [3.05, 3.63) is 33.8 Å². The van der Waals surface area contributed by atoms with E-state index in [0.29, 0.717) is 34.7 Å². The molecule has 2 fully saturated rings. The maximum atomic E-state index is 12.7. The summed E-state index contributed by atoms with van der Waals surface area (Å²) in [6, 6.07) is 5.79. The molecule has 116 valence electrons. The van der Waals surface area contributed by atoms with Gasteiger partial charge in [0.25, 0.3) is 0 Å². The fraction of sp³-hybridized carbons (Fsp3) is 0.571. The van der Waals surface area contributed by atoms with Gasteiger partial charge in [-0.1, -0.05) is 29.3 Å². The van der Waals surface area contributed by atoms with Crippen molar-refractivity contribution in [2.24, 2.45) is 0 Å². The lowest BCUT2D eigenvalue weighted by atomic mass is 10.1. The minimum absolute atomic E-state index is 0.136. The number of benzene rings is 1. The van der Waals surface area contributed by atoms with Gasteiger partial charge in [-0.15, -0.1) is 0 Å². The smallest absolute Gasteiger partial charge is 0.218 e. The Morgan fingerprint density at radius 1 is 1.14 bits per heavy atom. The molecule has 21 heavy (non-hydrogen) atoms. The second-order valence-corrected chi connectivity index (χ2v) is 8.52. The Morgan fingerprint density at radius 3 is 2.52 bits per heavy atom. The lowest BCUT2D eigenvalue weighted by molar-refractivity contribution is 0.383. The number of nitrogens with one attached hydrogen (secondary N) is 1. The lowest BCUT2D eigenvalue weighted by Crippen LogP contribution is -2.39. The molecule has 1 aromatic rings. The second-order valence-electron chi connectivity index (χ2n) is 5.74. The molecule has 2 aliphatic heterocycles. The molecule has 2 atom stereocenters. The number of nitrogens with zero attached hydrogens (tertiary/aromatic N) is 1. The highest BCUT2D eigenvalue weighted by Crippen LogP contribution is 2.29. The number of sulfonamides is 1. The molecule has 1 aromatic carbocycles. The van der Waals surface area contributed by atoms with E-state index in [9.17, 15) is 8.42 Å². The summed E-state index contributed by atoms with van der Waals surface area (Å²) in [5.74, 6) is -0.136. The van der Waals surface area contributed by atoms with Gasteiger partial charge in [0.2, 0.25) is 10.0 Å². The van der Waals surface area contributed by atoms with Crippen LogP contribution in [0.4, 0.5) is 0 Å². The molecule has 0 aliphatic carbocycles. The molecule has 0 saturated carbocycles. The van der Waals surface area contributed by atoms with Crippen LogP contribution in [-0.2, 0) is 15.8 Å². The third-order valence-electron chi connectivity index (χ3n) is 4.27. The molecule has 4 nitrogen and oxygen atoms in total. The van der Waals surface area contributed by atoms with Gasteiger partial charge in [-0.25, -0.2) is 12.7 Å². The second kappa shape index (κ2) is 6.05. The van der Waals surface area contributed by atoms with E-state index in [1.54, 1.807) is 22.5 Å². The maximum Gasteiger partial charge on any atom is 0.218 e. The Hall–Kier alpha value is -0.330. The van der Waals surface area contributed by atoms with E-state index >= 15 is 0 Å². The van der Waals surface area contributed by atoms with Crippen LogP contribution in [0.3, 0.4) is 0 Å². The summed E-state index contributed by atoms with van der Waals surface area (Å²) in [6.45, 7) is 1.11. The summed E-state index contributed by atoms with van der Waals surface area (Å²) in [4.78, 5) is 0. The van der Waals surface area contributed by atoms with E-state index in [0.717, 1.165) is 19.3 Å². The van der Waals surface area contributed by atoms with Crippen LogP contribution in [-0.4, -0.2) is 37.9 Å². The van der Waals surface area contributed by atoms with Gasteiger partial charge in [0.1, 0.15) is 0 Å². The van der Waals surface area contributed by atoms with E-state index in [1.165, 1.54) is 0 Å². The molecule has 0 aromatic heterocycles. The van der Waals surface area contributed by atoms with Crippen molar-refractivity contribution in [2.45, 2.75) is 37.1 Å². The van der Waals surface area contributed by atoms with Gasteiger partial charge in [0.15, 0.2) is 0 Å². The first-order valence-corrected chi connectivity index (χ1v) is 9.49. The normalized spacial score (nSPS) is 26.8. The lowest BCUT2D eigenvalue weighted by Gasteiger charge is -2.24. The van der Waals surface area contributed by atoms with Crippen molar-refractivity contribution in [1.29, 1.82) is 0 Å². The van der Waals surface area contributed by atoms with Crippen LogP contribution in [0.2, 0.25) is 10.0 Å². The first-order chi connectivity index (χ1) is 9.95. The molecule has 7 heteroatoms. The molecule has 2 unspecified atom stereocenters. The van der Waals surface area contributed by atoms with E-state index in [-0.39, 0.29) is 11.8 Å². The monoisotopic (exact) mass is 348 g/mol. The van der Waals surface area contributed by atoms with Crippen molar-refractivity contribution in [2.75, 3.05) is 13.1 Å². The van der Waals surface area contributed by atoms with Gasteiger partial charge >= 0.3 is 0 Å². The molecule has 0 spiro atoms. The summed E-state index contributed by atoms with van der Waals surface area (Å²) in [5.41, 5.74) is 0.489. The Kier molecular flexibility index (Phi) is 4.48. The molecule has 2 saturated heterocycles. The minimum atomic E-state index is -3.40. The number of hydrogen-bond donors (Lipinski definition) is 1. The van der Waals surface area contributed by atoms with Crippen molar-refractivity contribution < 1.29 is 8.42 Å². The Bertz CT molecular complexity index is 616. The van der Waals surface area contributed by atoms with Crippen LogP contribution < -0.4 is 5.32 Å². The van der Waals surface area contributed by atoms with Crippen molar-refractivity contribution in [3.8, 4) is 0 Å². The maximum absolute atomic E-state index is 12.7. The minimum Gasteiger partial charge on any atom is -0.310 e. The number of halogens is 2. The highest BCUT2D eigenvalue weighted by atomic mass is 35.5. The Labute approximate surface area is 135 Å². The zero-order valence-electron chi connectivity index (χ0n) is 11.6. The molecule has 3 rings (SSSR count). The number of rotatable bonds is 3. The van der Waals surface area contributed by atoms with E-state index in [4.69, 9.17) is 23.2 Å².